The van der Waals surface area contributed by atoms with Crippen molar-refractivity contribution in [2.75, 3.05) is 71.6 Å². The van der Waals surface area contributed by atoms with E-state index in [1.807, 2.05) is 24.3 Å². The van der Waals surface area contributed by atoms with Crippen molar-refractivity contribution in [3.63, 3.8) is 0 Å². The number of ether oxygens (including phenoxy) is 4. The van der Waals surface area contributed by atoms with Crippen LogP contribution in [0.4, 0.5) is 5.69 Å². The summed E-state index contributed by atoms with van der Waals surface area (Å²) < 4.78 is 22.3. The number of halogens is 2. The first-order valence-electron chi connectivity index (χ1n) is 16.3. The van der Waals surface area contributed by atoms with E-state index < -0.39 is 24.6 Å². The lowest BCUT2D eigenvalue weighted by atomic mass is 10.0. The second-order valence-corrected chi connectivity index (χ2v) is 14.2. The van der Waals surface area contributed by atoms with Gasteiger partial charge in [0.05, 0.1) is 53.1 Å². The summed E-state index contributed by atoms with van der Waals surface area (Å²) in [6.07, 6.45) is 0.490. The van der Waals surface area contributed by atoms with Crippen LogP contribution < -0.4 is 14.8 Å². The van der Waals surface area contributed by atoms with E-state index in [1.54, 1.807) is 18.2 Å². The number of amides is 2. The van der Waals surface area contributed by atoms with E-state index in [0.29, 0.717) is 50.5 Å². The smallest absolute Gasteiger partial charge is 0.338 e. The molecule has 1 atom stereocenters. The fraction of sp³-hybridized carbons (Fsp3) is 0.333. The summed E-state index contributed by atoms with van der Waals surface area (Å²) in [4.78, 5) is 42.7. The first-order valence-corrected chi connectivity index (χ1v) is 18.3. The summed E-state index contributed by atoms with van der Waals surface area (Å²) in [5, 5.41) is 21.9. The van der Waals surface area contributed by atoms with Crippen LogP contribution in [0.1, 0.15) is 22.3 Å². The standard InChI is InChI=1S/C36H37Cl2N3O9S2/c1-47-31-19-24(35(46)50-21-25(43)20-42)4-6-29(31)39-33(44)8-9-41-34(45)32(52-36(41)51)17-22-2-7-30(49-15-12-40-10-13-48-14-11-40)26(16-22)23-3-5-27(37)28(38)18-23/h2-7,16-19,25,42-43H,8-15,20-21H2,1H3,(H,39,44). The topological polar surface area (TPSA) is 147 Å². The average molecular weight is 791 g/mol. The molecule has 2 aliphatic rings. The highest BCUT2D eigenvalue weighted by Gasteiger charge is 2.32. The quantitative estimate of drug-likeness (QED) is 0.107. The third kappa shape index (κ3) is 10.4. The van der Waals surface area contributed by atoms with Crippen LogP contribution in [0.5, 0.6) is 11.5 Å². The van der Waals surface area contributed by atoms with Crippen LogP contribution in [-0.2, 0) is 19.1 Å². The molecule has 52 heavy (non-hydrogen) atoms. The van der Waals surface area contributed by atoms with Gasteiger partial charge in [-0.3, -0.25) is 19.4 Å². The van der Waals surface area contributed by atoms with Gasteiger partial charge >= 0.3 is 5.97 Å². The number of carbonyl (C=O) groups is 3. The molecule has 3 aromatic rings. The highest BCUT2D eigenvalue weighted by Crippen LogP contribution is 2.37. The summed E-state index contributed by atoms with van der Waals surface area (Å²) in [5.74, 6) is -0.607. The van der Waals surface area contributed by atoms with Crippen molar-refractivity contribution in [3.05, 3.63) is 80.7 Å². The number of nitrogens with one attached hydrogen (secondary N) is 1. The van der Waals surface area contributed by atoms with Crippen LogP contribution in [-0.4, -0.2) is 115 Å². The van der Waals surface area contributed by atoms with Crippen LogP contribution in [0.2, 0.25) is 10.0 Å². The lowest BCUT2D eigenvalue weighted by Crippen LogP contribution is -2.38. The molecule has 12 nitrogen and oxygen atoms in total. The van der Waals surface area contributed by atoms with Crippen molar-refractivity contribution in [1.29, 1.82) is 0 Å². The third-order valence-electron chi connectivity index (χ3n) is 8.07. The van der Waals surface area contributed by atoms with Crippen molar-refractivity contribution < 1.29 is 43.5 Å². The molecule has 2 heterocycles. The van der Waals surface area contributed by atoms with Gasteiger partial charge in [0, 0.05) is 38.2 Å². The third-order valence-corrected chi connectivity index (χ3v) is 10.2. The van der Waals surface area contributed by atoms with Gasteiger partial charge < -0.3 is 34.5 Å². The molecule has 3 N–H and O–H groups in total. The van der Waals surface area contributed by atoms with Gasteiger partial charge in [0.1, 0.15) is 35.1 Å². The molecule has 0 bridgehead atoms. The Balaban J connectivity index is 1.23. The molecular weight excluding hydrogens is 753 g/mol. The molecule has 2 fully saturated rings. The number of rotatable bonds is 15. The number of aliphatic hydroxyl groups is 2. The molecule has 276 valence electrons. The van der Waals surface area contributed by atoms with Crippen molar-refractivity contribution >= 4 is 81.0 Å². The molecule has 0 saturated carbocycles. The number of thiocarbonyl (C=S) groups is 1. The molecular formula is C36H37Cl2N3O9S2. The first kappa shape index (κ1) is 39.5. The number of esters is 1. The van der Waals surface area contributed by atoms with E-state index in [4.69, 9.17) is 59.5 Å². The Labute approximate surface area is 320 Å². The predicted octanol–water partition coefficient (Wildman–Crippen LogP) is 5.12. The summed E-state index contributed by atoms with van der Waals surface area (Å²) in [6.45, 7) is 3.46. The van der Waals surface area contributed by atoms with E-state index in [-0.39, 0.29) is 36.8 Å². The number of thioether (sulfide) groups is 1. The fourth-order valence-electron chi connectivity index (χ4n) is 5.26. The maximum Gasteiger partial charge on any atom is 0.338 e. The zero-order valence-electron chi connectivity index (χ0n) is 28.1. The number of hydrogen-bond donors (Lipinski definition) is 3. The van der Waals surface area contributed by atoms with Gasteiger partial charge in [-0.2, -0.15) is 0 Å². The molecule has 5 rings (SSSR count). The van der Waals surface area contributed by atoms with Crippen LogP contribution in [0.3, 0.4) is 0 Å². The van der Waals surface area contributed by atoms with Crippen molar-refractivity contribution in [2.24, 2.45) is 0 Å². The highest BCUT2D eigenvalue weighted by atomic mass is 35.5. The number of carbonyl (C=O) groups excluding carboxylic acids is 3. The number of benzene rings is 3. The van der Waals surface area contributed by atoms with Crippen molar-refractivity contribution in [2.45, 2.75) is 12.5 Å². The normalized spacial score (nSPS) is 16.2. The Morgan fingerprint density at radius 2 is 1.85 bits per heavy atom. The Morgan fingerprint density at radius 1 is 1.06 bits per heavy atom. The Morgan fingerprint density at radius 3 is 2.58 bits per heavy atom. The number of hydrogen-bond acceptors (Lipinski definition) is 12. The van der Waals surface area contributed by atoms with Crippen LogP contribution >= 0.6 is 47.2 Å². The number of methoxy groups -OCH3 is 1. The van der Waals surface area contributed by atoms with E-state index in [2.05, 4.69) is 10.2 Å². The monoisotopic (exact) mass is 789 g/mol. The summed E-state index contributed by atoms with van der Waals surface area (Å²) in [6, 6.07) is 15.3. The number of nitrogens with zero attached hydrogens (tertiary/aromatic N) is 2. The highest BCUT2D eigenvalue weighted by molar-refractivity contribution is 8.26. The molecule has 2 aliphatic heterocycles. The molecule has 2 saturated heterocycles. The van der Waals surface area contributed by atoms with Gasteiger partial charge in [0.25, 0.3) is 5.91 Å². The Bertz CT molecular complexity index is 1840. The van der Waals surface area contributed by atoms with Crippen LogP contribution in [0, 0.1) is 0 Å². The van der Waals surface area contributed by atoms with E-state index in [1.165, 1.54) is 30.2 Å². The average Bonchev–Trinajstić information content (AvgIpc) is 3.42. The largest absolute Gasteiger partial charge is 0.495 e. The zero-order valence-corrected chi connectivity index (χ0v) is 31.3. The number of anilines is 1. The maximum absolute atomic E-state index is 13.5. The van der Waals surface area contributed by atoms with E-state index in [9.17, 15) is 19.5 Å². The summed E-state index contributed by atoms with van der Waals surface area (Å²) in [7, 11) is 1.38. The van der Waals surface area contributed by atoms with Crippen LogP contribution in [0.25, 0.3) is 17.2 Å². The minimum Gasteiger partial charge on any atom is -0.495 e. The molecule has 3 aromatic carbocycles. The van der Waals surface area contributed by atoms with Gasteiger partial charge in [-0.25, -0.2) is 4.79 Å². The lowest BCUT2D eigenvalue weighted by Gasteiger charge is -2.26. The van der Waals surface area contributed by atoms with Gasteiger partial charge in [0.15, 0.2) is 0 Å². The molecule has 0 spiro atoms. The van der Waals surface area contributed by atoms with Gasteiger partial charge in [-0.1, -0.05) is 59.3 Å². The Kier molecular flexibility index (Phi) is 14.3. The zero-order chi connectivity index (χ0) is 37.2. The SMILES string of the molecule is COc1cc(C(=O)OCC(O)CO)ccc1NC(=O)CCN1C(=O)C(=Cc2ccc(OCCN3CCOCC3)c(-c3ccc(Cl)c(Cl)c3)c2)SC1=S. The van der Waals surface area contributed by atoms with Crippen molar-refractivity contribution in [3.8, 4) is 22.6 Å². The lowest BCUT2D eigenvalue weighted by molar-refractivity contribution is -0.122. The molecule has 0 aromatic heterocycles. The number of aliphatic hydroxyl groups excluding tert-OH is 2. The first-order chi connectivity index (χ1) is 25.1. The molecule has 0 radical (unpaired) electrons. The molecule has 0 aliphatic carbocycles. The van der Waals surface area contributed by atoms with E-state index >= 15 is 0 Å². The fourth-order valence-corrected chi connectivity index (χ4v) is 6.87. The summed E-state index contributed by atoms with van der Waals surface area (Å²) >= 11 is 19.2. The molecule has 2 amide bonds. The van der Waals surface area contributed by atoms with Crippen molar-refractivity contribution in [1.82, 2.24) is 9.80 Å². The minimum absolute atomic E-state index is 0.0399. The maximum atomic E-state index is 13.5. The second-order valence-electron chi connectivity index (χ2n) is 11.7. The van der Waals surface area contributed by atoms with Gasteiger partial charge in [-0.15, -0.1) is 0 Å². The second kappa shape index (κ2) is 18.9. The van der Waals surface area contributed by atoms with Crippen LogP contribution in [0.15, 0.2) is 59.5 Å². The summed E-state index contributed by atoms with van der Waals surface area (Å²) in [5.41, 5.74) is 2.75. The number of morpholine rings is 1. The predicted molar refractivity (Wildman–Crippen MR) is 204 cm³/mol. The Hall–Kier alpha value is -3.73. The van der Waals surface area contributed by atoms with E-state index in [0.717, 1.165) is 48.1 Å². The van der Waals surface area contributed by atoms with Gasteiger partial charge in [0.2, 0.25) is 5.91 Å². The van der Waals surface area contributed by atoms with Gasteiger partial charge in [-0.05, 0) is 59.7 Å². The molecule has 16 heteroatoms. The minimum atomic E-state index is -1.19. The molecule has 1 unspecified atom stereocenters.